The van der Waals surface area contributed by atoms with Crippen LogP contribution in [0.15, 0.2) is 48.5 Å². The Morgan fingerprint density at radius 2 is 2.04 bits per heavy atom. The first-order valence-corrected chi connectivity index (χ1v) is 8.76. The van der Waals surface area contributed by atoms with E-state index in [0.29, 0.717) is 11.8 Å². The number of nitrogens with zero attached hydrogens (tertiary/aromatic N) is 1. The molecule has 1 aliphatic carbocycles. The zero-order chi connectivity index (χ0) is 16.3. The number of rotatable bonds is 1. The lowest BCUT2D eigenvalue weighted by molar-refractivity contribution is 0.103. The molecule has 0 spiro atoms. The number of hydrogen-bond acceptors (Lipinski definition) is 2. The predicted molar refractivity (Wildman–Crippen MR) is 96.4 cm³/mol. The van der Waals surface area contributed by atoms with Crippen molar-refractivity contribution in [3.05, 3.63) is 65.4 Å². The third-order valence-electron chi connectivity index (χ3n) is 6.19. The Morgan fingerprint density at radius 1 is 1.17 bits per heavy atom. The van der Waals surface area contributed by atoms with Gasteiger partial charge in [0.25, 0.3) is 0 Å². The van der Waals surface area contributed by atoms with Crippen LogP contribution in [-0.4, -0.2) is 28.6 Å². The third kappa shape index (κ3) is 1.88. The molecule has 2 aliphatic rings. The van der Waals surface area contributed by atoms with Crippen molar-refractivity contribution in [3.8, 4) is 5.75 Å². The van der Waals surface area contributed by atoms with Crippen molar-refractivity contribution in [3.63, 3.8) is 0 Å². The number of phenols is 1. The summed E-state index contributed by atoms with van der Waals surface area (Å²) in [6.07, 6.45) is 3.30. The lowest BCUT2D eigenvalue weighted by Crippen LogP contribution is -2.47. The molecule has 0 radical (unpaired) electrons. The fourth-order valence-corrected chi connectivity index (χ4v) is 4.94. The van der Waals surface area contributed by atoms with Crippen molar-refractivity contribution >= 4 is 10.9 Å². The molecule has 1 aliphatic heterocycles. The number of para-hydroxylation sites is 1. The van der Waals surface area contributed by atoms with Crippen LogP contribution in [0.25, 0.3) is 10.9 Å². The van der Waals surface area contributed by atoms with Crippen LogP contribution in [0.2, 0.25) is 0 Å². The number of piperidine rings is 1. The highest BCUT2D eigenvalue weighted by molar-refractivity contribution is 5.85. The summed E-state index contributed by atoms with van der Waals surface area (Å²) in [5, 5.41) is 11.4. The number of aromatic amines is 1. The van der Waals surface area contributed by atoms with Gasteiger partial charge in [-0.1, -0.05) is 30.3 Å². The van der Waals surface area contributed by atoms with E-state index in [9.17, 15) is 5.11 Å². The SMILES string of the molecule is CN1CC[C@@]2(c3cccc(O)c3)Cc3[nH]c4ccccc4c3[C@@H]1C2. The molecule has 24 heavy (non-hydrogen) atoms. The second-order valence-corrected chi connectivity index (χ2v) is 7.52. The normalized spacial score (nSPS) is 26.5. The molecule has 122 valence electrons. The molecule has 3 heteroatoms. The van der Waals surface area contributed by atoms with E-state index in [1.54, 1.807) is 6.07 Å². The predicted octanol–water partition coefficient (Wildman–Crippen LogP) is 4.13. The lowest BCUT2D eigenvalue weighted by Gasteiger charge is -2.49. The van der Waals surface area contributed by atoms with Gasteiger partial charge in [0.1, 0.15) is 5.75 Å². The van der Waals surface area contributed by atoms with E-state index in [1.165, 1.54) is 27.7 Å². The summed E-state index contributed by atoms with van der Waals surface area (Å²) in [6, 6.07) is 17.0. The number of benzene rings is 2. The fourth-order valence-electron chi connectivity index (χ4n) is 4.94. The van der Waals surface area contributed by atoms with Crippen LogP contribution in [-0.2, 0) is 11.8 Å². The molecular weight excluding hydrogens is 296 g/mol. The Kier molecular flexibility index (Phi) is 2.86. The Morgan fingerprint density at radius 3 is 2.92 bits per heavy atom. The highest BCUT2D eigenvalue weighted by Gasteiger charge is 2.46. The molecule has 2 bridgehead atoms. The minimum absolute atomic E-state index is 0.129. The fraction of sp³-hybridized carbons (Fsp3) is 0.333. The standard InChI is InChI=1S/C21H22N2O/c1-23-10-9-21(14-5-4-6-15(24)11-14)12-18-20(19(23)13-21)16-7-2-3-8-17(16)22-18/h2-8,11,19,22,24H,9-10,12-13H2,1H3/t19-,21+/m0/s1. The van der Waals surface area contributed by atoms with Gasteiger partial charge in [-0.05, 0) is 62.2 Å². The quantitative estimate of drug-likeness (QED) is 0.708. The summed E-state index contributed by atoms with van der Waals surface area (Å²) in [4.78, 5) is 6.18. The smallest absolute Gasteiger partial charge is 0.115 e. The number of likely N-dealkylation sites (tertiary alicyclic amines) is 1. The van der Waals surface area contributed by atoms with Gasteiger partial charge in [-0.3, -0.25) is 4.90 Å². The Balaban J connectivity index is 1.71. The average molecular weight is 318 g/mol. The summed E-state index contributed by atoms with van der Waals surface area (Å²) in [7, 11) is 2.24. The number of aromatic nitrogens is 1. The maximum atomic E-state index is 9.98. The first-order chi connectivity index (χ1) is 11.7. The lowest BCUT2D eigenvalue weighted by atomic mass is 9.63. The van der Waals surface area contributed by atoms with E-state index in [0.717, 1.165) is 25.8 Å². The van der Waals surface area contributed by atoms with E-state index in [2.05, 4.69) is 47.3 Å². The van der Waals surface area contributed by atoms with E-state index in [-0.39, 0.29) is 5.41 Å². The van der Waals surface area contributed by atoms with Gasteiger partial charge in [-0.15, -0.1) is 0 Å². The molecule has 1 aromatic heterocycles. The maximum Gasteiger partial charge on any atom is 0.115 e. The molecule has 3 nitrogen and oxygen atoms in total. The molecule has 5 rings (SSSR count). The van der Waals surface area contributed by atoms with Crippen LogP contribution in [0.5, 0.6) is 5.75 Å². The third-order valence-corrected chi connectivity index (χ3v) is 6.19. The van der Waals surface area contributed by atoms with E-state index in [4.69, 9.17) is 0 Å². The second kappa shape index (κ2) is 4.87. The maximum absolute atomic E-state index is 9.98. The van der Waals surface area contributed by atoms with E-state index < -0.39 is 0 Å². The number of H-pyrrole nitrogens is 1. The van der Waals surface area contributed by atoms with Crippen LogP contribution < -0.4 is 0 Å². The van der Waals surface area contributed by atoms with Crippen LogP contribution in [0.4, 0.5) is 0 Å². The van der Waals surface area contributed by atoms with Crippen molar-refractivity contribution in [1.29, 1.82) is 0 Å². The molecule has 2 heterocycles. The Hall–Kier alpha value is -2.26. The van der Waals surface area contributed by atoms with Crippen LogP contribution >= 0.6 is 0 Å². The van der Waals surface area contributed by atoms with Gasteiger partial charge in [-0.25, -0.2) is 0 Å². The van der Waals surface area contributed by atoms with Crippen LogP contribution in [0, 0.1) is 0 Å². The van der Waals surface area contributed by atoms with Gasteiger partial charge < -0.3 is 10.1 Å². The molecule has 1 saturated heterocycles. The number of hydrogen-bond donors (Lipinski definition) is 2. The van der Waals surface area contributed by atoms with Gasteiger partial charge in [0, 0.05) is 28.1 Å². The van der Waals surface area contributed by atoms with Crippen LogP contribution in [0.3, 0.4) is 0 Å². The highest BCUT2D eigenvalue weighted by Crippen LogP contribution is 2.52. The van der Waals surface area contributed by atoms with Crippen molar-refractivity contribution in [2.75, 3.05) is 13.6 Å². The van der Waals surface area contributed by atoms with Gasteiger partial charge >= 0.3 is 0 Å². The number of phenolic OH excluding ortho intramolecular Hbond substituents is 1. The molecular formula is C21H22N2O. The van der Waals surface area contributed by atoms with Gasteiger partial charge in [-0.2, -0.15) is 0 Å². The Labute approximate surface area is 141 Å². The summed E-state index contributed by atoms with van der Waals surface area (Å²) >= 11 is 0. The van der Waals surface area contributed by atoms with Gasteiger partial charge in [0.15, 0.2) is 0 Å². The summed E-state index contributed by atoms with van der Waals surface area (Å²) in [6.45, 7) is 1.10. The largest absolute Gasteiger partial charge is 0.508 e. The molecule has 0 saturated carbocycles. The van der Waals surface area contributed by atoms with Gasteiger partial charge in [0.05, 0.1) is 0 Å². The first kappa shape index (κ1) is 14.1. The van der Waals surface area contributed by atoms with Crippen molar-refractivity contribution in [2.45, 2.75) is 30.7 Å². The van der Waals surface area contributed by atoms with Crippen molar-refractivity contribution < 1.29 is 5.11 Å². The van der Waals surface area contributed by atoms with Crippen molar-refractivity contribution in [1.82, 2.24) is 9.88 Å². The topological polar surface area (TPSA) is 39.3 Å². The minimum atomic E-state index is 0.129. The Bertz CT molecular complexity index is 928. The number of nitrogens with one attached hydrogen (secondary N) is 1. The molecule has 2 atom stereocenters. The average Bonchev–Trinajstić information content (AvgIpc) is 2.96. The summed E-state index contributed by atoms with van der Waals surface area (Å²) in [5.41, 5.74) is 5.52. The molecule has 1 fully saturated rings. The molecule has 2 N–H and O–H groups in total. The molecule has 0 amide bonds. The zero-order valence-corrected chi connectivity index (χ0v) is 13.9. The second-order valence-electron chi connectivity index (χ2n) is 7.52. The minimum Gasteiger partial charge on any atom is -0.508 e. The summed E-state index contributed by atoms with van der Waals surface area (Å²) in [5.74, 6) is 0.375. The summed E-state index contributed by atoms with van der Waals surface area (Å²) < 4.78 is 0. The monoisotopic (exact) mass is 318 g/mol. The number of aromatic hydroxyl groups is 1. The van der Waals surface area contributed by atoms with E-state index in [1.807, 2.05) is 12.1 Å². The van der Waals surface area contributed by atoms with Gasteiger partial charge in [0.2, 0.25) is 0 Å². The zero-order valence-electron chi connectivity index (χ0n) is 13.9. The molecule has 0 unspecified atom stereocenters. The highest BCUT2D eigenvalue weighted by atomic mass is 16.3. The molecule has 3 aromatic rings. The number of fused-ring (bicyclic) bond motifs is 6. The first-order valence-electron chi connectivity index (χ1n) is 8.76. The van der Waals surface area contributed by atoms with Crippen LogP contribution in [0.1, 0.15) is 35.7 Å². The molecule has 2 aromatic carbocycles. The van der Waals surface area contributed by atoms with Crippen molar-refractivity contribution in [2.24, 2.45) is 0 Å². The van der Waals surface area contributed by atoms with E-state index >= 15 is 0 Å².